The van der Waals surface area contributed by atoms with Gasteiger partial charge in [0.1, 0.15) is 5.82 Å². The minimum atomic E-state index is -1.26. The van der Waals surface area contributed by atoms with E-state index in [2.05, 4.69) is 10.1 Å². The maximum absolute atomic E-state index is 13.9. The lowest BCUT2D eigenvalue weighted by Crippen LogP contribution is -2.44. The molecule has 10 heteroatoms. The molecule has 3 heterocycles. The number of nitrogens with two attached hydrogens (primary N) is 1. The summed E-state index contributed by atoms with van der Waals surface area (Å²) in [5, 5.41) is 4.06. The number of hydrogen-bond acceptors (Lipinski definition) is 6. The molecule has 30 heavy (non-hydrogen) atoms. The van der Waals surface area contributed by atoms with Crippen molar-refractivity contribution < 1.29 is 27.2 Å². The summed E-state index contributed by atoms with van der Waals surface area (Å²) in [5.74, 6) is -2.58. The zero-order chi connectivity index (χ0) is 21.5. The molecule has 7 nitrogen and oxygen atoms in total. The summed E-state index contributed by atoms with van der Waals surface area (Å²) in [4.78, 5) is 19.0. The molecule has 2 aromatic rings. The number of nitrogens with zero attached hydrogens (tertiary/aromatic N) is 3. The molecule has 0 aliphatic carbocycles. The van der Waals surface area contributed by atoms with Crippen molar-refractivity contribution in [2.45, 2.75) is 50.1 Å². The zero-order valence-corrected chi connectivity index (χ0v) is 16.5. The van der Waals surface area contributed by atoms with E-state index < -0.39 is 23.5 Å². The highest BCUT2D eigenvalue weighted by molar-refractivity contribution is 5.77. The lowest BCUT2D eigenvalue weighted by molar-refractivity contribution is -0.132. The van der Waals surface area contributed by atoms with Crippen LogP contribution in [0.2, 0.25) is 0 Å². The smallest absolute Gasteiger partial charge is 0.237 e. The molecule has 0 spiro atoms. The van der Waals surface area contributed by atoms with Crippen molar-refractivity contribution in [3.05, 3.63) is 46.9 Å². The zero-order valence-electron chi connectivity index (χ0n) is 16.5. The molecule has 2 N–H and O–H groups in total. The lowest BCUT2D eigenvalue weighted by atomic mass is 9.89. The molecule has 2 aliphatic rings. The van der Waals surface area contributed by atoms with E-state index in [1.165, 1.54) is 0 Å². The van der Waals surface area contributed by atoms with E-state index in [1.807, 2.05) is 6.92 Å². The van der Waals surface area contributed by atoms with E-state index in [9.17, 15) is 18.0 Å². The van der Waals surface area contributed by atoms with Gasteiger partial charge in [-0.3, -0.25) is 4.79 Å². The standard InChI is InChI=1S/C20H23F3N4O3/c1-20(9-29-10-20)19-25-18(26-30-19)16-3-2-4-27(16)17(28)7-12(24)5-11-6-14(22)15(23)8-13(11)21/h6,8,12,16H,2-5,7,9-10,24H2,1H3. The van der Waals surface area contributed by atoms with Crippen LogP contribution in [0.25, 0.3) is 0 Å². The average Bonchev–Trinajstić information content (AvgIpc) is 3.33. The van der Waals surface area contributed by atoms with Gasteiger partial charge in [0, 0.05) is 25.1 Å². The van der Waals surface area contributed by atoms with Crippen molar-refractivity contribution in [1.82, 2.24) is 15.0 Å². The second kappa shape index (κ2) is 7.99. The van der Waals surface area contributed by atoms with Crippen molar-refractivity contribution >= 4 is 5.91 Å². The van der Waals surface area contributed by atoms with Crippen molar-refractivity contribution in [3.8, 4) is 0 Å². The molecule has 1 aromatic carbocycles. The topological polar surface area (TPSA) is 94.5 Å². The Hall–Kier alpha value is -2.46. The molecule has 2 atom stereocenters. The second-order valence-corrected chi connectivity index (χ2v) is 8.28. The van der Waals surface area contributed by atoms with Gasteiger partial charge in [-0.05, 0) is 37.8 Å². The number of carbonyl (C=O) groups is 1. The fourth-order valence-electron chi connectivity index (χ4n) is 3.90. The number of amides is 1. The number of benzene rings is 1. The summed E-state index contributed by atoms with van der Waals surface area (Å²) >= 11 is 0. The predicted octanol–water partition coefficient (Wildman–Crippen LogP) is 2.40. The van der Waals surface area contributed by atoms with Crippen LogP contribution in [0.15, 0.2) is 16.7 Å². The maximum Gasteiger partial charge on any atom is 0.237 e. The van der Waals surface area contributed by atoms with Gasteiger partial charge < -0.3 is 19.9 Å². The first kappa shape index (κ1) is 20.8. The van der Waals surface area contributed by atoms with Crippen molar-refractivity contribution in [1.29, 1.82) is 0 Å². The highest BCUT2D eigenvalue weighted by atomic mass is 19.2. The van der Waals surface area contributed by atoms with Crippen LogP contribution in [0.3, 0.4) is 0 Å². The van der Waals surface area contributed by atoms with Gasteiger partial charge in [0.05, 0.1) is 24.7 Å². The number of carbonyl (C=O) groups excluding carboxylic acids is 1. The molecule has 0 bridgehead atoms. The summed E-state index contributed by atoms with van der Waals surface area (Å²) in [6, 6.07) is 0.202. The van der Waals surface area contributed by atoms with E-state index in [-0.39, 0.29) is 35.8 Å². The van der Waals surface area contributed by atoms with Crippen molar-refractivity contribution in [3.63, 3.8) is 0 Å². The Labute approximate surface area is 171 Å². The molecule has 0 radical (unpaired) electrons. The van der Waals surface area contributed by atoms with Crippen molar-refractivity contribution in [2.24, 2.45) is 5.73 Å². The summed E-state index contributed by atoms with van der Waals surface area (Å²) in [7, 11) is 0. The van der Waals surface area contributed by atoms with Gasteiger partial charge in [-0.2, -0.15) is 4.98 Å². The minimum absolute atomic E-state index is 0.0639. The number of likely N-dealkylation sites (tertiary alicyclic amines) is 1. The molecule has 1 amide bonds. The Morgan fingerprint density at radius 2 is 2.03 bits per heavy atom. The maximum atomic E-state index is 13.9. The monoisotopic (exact) mass is 424 g/mol. The van der Waals surface area contributed by atoms with Crippen LogP contribution in [0.1, 0.15) is 49.5 Å². The first-order valence-corrected chi connectivity index (χ1v) is 9.87. The molecule has 2 fully saturated rings. The first-order chi connectivity index (χ1) is 14.3. The second-order valence-electron chi connectivity index (χ2n) is 8.28. The van der Waals surface area contributed by atoms with Gasteiger partial charge in [-0.25, -0.2) is 13.2 Å². The average molecular weight is 424 g/mol. The summed E-state index contributed by atoms with van der Waals surface area (Å²) < 4.78 is 50.9. The molecule has 2 unspecified atom stereocenters. The molecule has 2 saturated heterocycles. The largest absolute Gasteiger partial charge is 0.379 e. The Morgan fingerprint density at radius 3 is 2.73 bits per heavy atom. The Morgan fingerprint density at radius 1 is 1.30 bits per heavy atom. The Kier molecular flexibility index (Phi) is 5.54. The van der Waals surface area contributed by atoms with Crippen LogP contribution in [0.4, 0.5) is 13.2 Å². The van der Waals surface area contributed by atoms with Crippen LogP contribution in [0.5, 0.6) is 0 Å². The Bertz CT molecular complexity index is 947. The SMILES string of the molecule is CC1(c2nc(C3CCCN3C(=O)CC(N)Cc3cc(F)c(F)cc3F)no2)COC1. The van der Waals surface area contributed by atoms with Gasteiger partial charge in [0.2, 0.25) is 11.8 Å². The summed E-state index contributed by atoms with van der Waals surface area (Å²) in [5.41, 5.74) is 5.65. The molecule has 1 aromatic heterocycles. The predicted molar refractivity (Wildman–Crippen MR) is 98.8 cm³/mol. The van der Waals surface area contributed by atoms with Gasteiger partial charge >= 0.3 is 0 Å². The molecule has 4 rings (SSSR count). The van der Waals surface area contributed by atoms with Crippen LogP contribution in [-0.2, 0) is 21.4 Å². The molecule has 2 aliphatic heterocycles. The highest BCUT2D eigenvalue weighted by Crippen LogP contribution is 2.35. The van der Waals surface area contributed by atoms with Gasteiger partial charge in [0.25, 0.3) is 0 Å². The Balaban J connectivity index is 1.41. The molecule has 0 saturated carbocycles. The number of halogens is 3. The number of rotatable bonds is 6. The minimum Gasteiger partial charge on any atom is -0.379 e. The number of ether oxygens (including phenoxy) is 1. The first-order valence-electron chi connectivity index (χ1n) is 9.87. The van der Waals surface area contributed by atoms with E-state index in [0.29, 0.717) is 44.0 Å². The van der Waals surface area contributed by atoms with E-state index in [1.54, 1.807) is 4.90 Å². The van der Waals surface area contributed by atoms with Gasteiger partial charge in [-0.1, -0.05) is 5.16 Å². The van der Waals surface area contributed by atoms with Crippen LogP contribution in [0, 0.1) is 17.5 Å². The van der Waals surface area contributed by atoms with E-state index >= 15 is 0 Å². The molecular weight excluding hydrogens is 401 g/mol. The normalized spacial score (nSPS) is 21.5. The molecular formula is C20H23F3N4O3. The number of hydrogen-bond donors (Lipinski definition) is 1. The van der Waals surface area contributed by atoms with E-state index in [4.69, 9.17) is 15.0 Å². The summed E-state index contributed by atoms with van der Waals surface area (Å²) in [6.07, 6.45) is 1.34. The van der Waals surface area contributed by atoms with Gasteiger partial charge in [0.15, 0.2) is 17.5 Å². The lowest BCUT2D eigenvalue weighted by Gasteiger charge is -2.34. The van der Waals surface area contributed by atoms with Crippen LogP contribution >= 0.6 is 0 Å². The van der Waals surface area contributed by atoms with E-state index in [0.717, 1.165) is 12.5 Å². The highest BCUT2D eigenvalue weighted by Gasteiger charge is 2.42. The summed E-state index contributed by atoms with van der Waals surface area (Å²) in [6.45, 7) is 3.52. The number of aromatic nitrogens is 2. The van der Waals surface area contributed by atoms with Gasteiger partial charge in [-0.15, -0.1) is 0 Å². The quantitative estimate of drug-likeness (QED) is 0.716. The van der Waals surface area contributed by atoms with Crippen LogP contribution in [-0.4, -0.2) is 46.7 Å². The van der Waals surface area contributed by atoms with Crippen molar-refractivity contribution in [2.75, 3.05) is 19.8 Å². The third-order valence-corrected chi connectivity index (χ3v) is 5.68. The fourth-order valence-corrected chi connectivity index (χ4v) is 3.90. The third-order valence-electron chi connectivity index (χ3n) is 5.68. The molecule has 162 valence electrons. The third kappa shape index (κ3) is 3.93. The fraction of sp³-hybridized carbons (Fsp3) is 0.550. The van der Waals surface area contributed by atoms with Crippen LogP contribution < -0.4 is 5.73 Å².